The summed E-state index contributed by atoms with van der Waals surface area (Å²) in [6.07, 6.45) is 4.28. The van der Waals surface area contributed by atoms with Crippen LogP contribution in [-0.2, 0) is 16.8 Å². The number of aliphatic imine (C=N–C) groups is 1. The highest BCUT2D eigenvalue weighted by Gasteiger charge is 2.24. The number of carbonyl (C=O) groups excluding carboxylic acids is 1. The second-order valence-electron chi connectivity index (χ2n) is 7.39. The molecule has 0 bridgehead atoms. The standard InChI is InChI=1S/C17H29N5O2.HI/c1-17(2,3)13-9-20-15(24-13)10-21-16(19-4)22-7-5-6-12(11-22)8-14(18)23;/h9,12H,5-8,10-11H2,1-4H3,(H2,18,23)(H,19,21);1H. The van der Waals surface area contributed by atoms with Crippen LogP contribution in [0.25, 0.3) is 0 Å². The van der Waals surface area contributed by atoms with Crippen molar-refractivity contribution in [2.75, 3.05) is 20.1 Å². The first-order chi connectivity index (χ1) is 11.3. The second kappa shape index (κ2) is 9.40. The number of nitrogens with zero attached hydrogens (tertiary/aromatic N) is 3. The third-order valence-corrected chi connectivity index (χ3v) is 4.21. The monoisotopic (exact) mass is 463 g/mol. The molecule has 1 saturated heterocycles. The molecule has 1 aromatic rings. The predicted octanol–water partition coefficient (Wildman–Crippen LogP) is 2.25. The van der Waals surface area contributed by atoms with Crippen LogP contribution in [0.2, 0.25) is 0 Å². The van der Waals surface area contributed by atoms with E-state index in [-0.39, 0.29) is 35.3 Å². The second-order valence-corrected chi connectivity index (χ2v) is 7.39. The summed E-state index contributed by atoms with van der Waals surface area (Å²) >= 11 is 0. The number of hydrogen-bond acceptors (Lipinski definition) is 4. The van der Waals surface area contributed by atoms with Gasteiger partial charge < -0.3 is 20.4 Å². The summed E-state index contributed by atoms with van der Waals surface area (Å²) in [7, 11) is 1.76. The van der Waals surface area contributed by atoms with Crippen LogP contribution in [0.5, 0.6) is 0 Å². The van der Waals surface area contributed by atoms with Crippen molar-refractivity contribution in [3.8, 4) is 0 Å². The summed E-state index contributed by atoms with van der Waals surface area (Å²) in [4.78, 5) is 22.0. The van der Waals surface area contributed by atoms with Crippen molar-refractivity contribution < 1.29 is 9.21 Å². The van der Waals surface area contributed by atoms with Gasteiger partial charge in [0.1, 0.15) is 5.76 Å². The Kier molecular flexibility index (Phi) is 8.17. The maximum Gasteiger partial charge on any atom is 0.217 e. The van der Waals surface area contributed by atoms with Gasteiger partial charge in [-0.1, -0.05) is 20.8 Å². The van der Waals surface area contributed by atoms with Crippen molar-refractivity contribution in [2.45, 2.75) is 52.0 Å². The highest BCUT2D eigenvalue weighted by atomic mass is 127. The van der Waals surface area contributed by atoms with Crippen LogP contribution in [0.1, 0.15) is 51.7 Å². The molecule has 1 aromatic heterocycles. The lowest BCUT2D eigenvalue weighted by molar-refractivity contribution is -0.119. The minimum absolute atomic E-state index is 0. The van der Waals surface area contributed by atoms with Crippen LogP contribution in [0, 0.1) is 5.92 Å². The lowest BCUT2D eigenvalue weighted by Gasteiger charge is -2.34. The number of aromatic nitrogens is 1. The summed E-state index contributed by atoms with van der Waals surface area (Å²) in [6.45, 7) is 8.48. The van der Waals surface area contributed by atoms with E-state index in [1.807, 2.05) is 0 Å². The minimum atomic E-state index is -0.237. The Labute approximate surface area is 166 Å². The number of nitrogens with one attached hydrogen (secondary N) is 1. The van der Waals surface area contributed by atoms with Crippen LogP contribution >= 0.6 is 24.0 Å². The molecule has 25 heavy (non-hydrogen) atoms. The molecular weight excluding hydrogens is 433 g/mol. The number of rotatable bonds is 4. The third kappa shape index (κ3) is 6.48. The Morgan fingerprint density at radius 1 is 1.52 bits per heavy atom. The molecule has 7 nitrogen and oxygen atoms in total. The lowest BCUT2D eigenvalue weighted by atomic mass is 9.94. The summed E-state index contributed by atoms with van der Waals surface area (Å²) in [5.41, 5.74) is 5.27. The van der Waals surface area contributed by atoms with Crippen LogP contribution in [0.15, 0.2) is 15.6 Å². The largest absolute Gasteiger partial charge is 0.443 e. The fourth-order valence-electron chi connectivity index (χ4n) is 2.93. The molecule has 1 aliphatic heterocycles. The molecule has 1 unspecified atom stereocenters. The van der Waals surface area contributed by atoms with Crippen molar-refractivity contribution in [3.63, 3.8) is 0 Å². The fraction of sp³-hybridized carbons (Fsp3) is 0.706. The molecule has 0 aliphatic carbocycles. The van der Waals surface area contributed by atoms with Crippen LogP contribution in [0.4, 0.5) is 0 Å². The van der Waals surface area contributed by atoms with Crippen molar-refractivity contribution in [2.24, 2.45) is 16.6 Å². The van der Waals surface area contributed by atoms with Crippen molar-refractivity contribution in [1.29, 1.82) is 0 Å². The Bertz CT molecular complexity index is 594. The summed E-state index contributed by atoms with van der Waals surface area (Å²) in [5.74, 6) is 2.38. The van der Waals surface area contributed by atoms with Gasteiger partial charge >= 0.3 is 0 Å². The van der Waals surface area contributed by atoms with Gasteiger partial charge in [0.05, 0.1) is 12.7 Å². The number of primary amides is 1. The fourth-order valence-corrected chi connectivity index (χ4v) is 2.93. The van der Waals surface area contributed by atoms with Gasteiger partial charge in [-0.25, -0.2) is 4.98 Å². The van der Waals surface area contributed by atoms with E-state index in [0.29, 0.717) is 24.8 Å². The molecule has 2 heterocycles. The topological polar surface area (TPSA) is 96.8 Å². The number of halogens is 1. The van der Waals surface area contributed by atoms with E-state index in [1.54, 1.807) is 13.2 Å². The first kappa shape index (κ1) is 21.7. The van der Waals surface area contributed by atoms with Crippen LogP contribution in [-0.4, -0.2) is 41.9 Å². The zero-order valence-corrected chi connectivity index (χ0v) is 17.9. The number of amides is 1. The Balaban J connectivity index is 0.00000312. The quantitative estimate of drug-likeness (QED) is 0.406. The zero-order valence-electron chi connectivity index (χ0n) is 15.5. The number of carbonyl (C=O) groups is 1. The Hall–Kier alpha value is -1.32. The molecule has 8 heteroatoms. The van der Waals surface area contributed by atoms with E-state index in [9.17, 15) is 4.79 Å². The SMILES string of the molecule is CN=C(NCc1ncc(C(C)(C)C)o1)N1CCCC(CC(N)=O)C1.I. The molecule has 1 amide bonds. The van der Waals surface area contributed by atoms with E-state index in [2.05, 4.69) is 41.0 Å². The Morgan fingerprint density at radius 3 is 2.80 bits per heavy atom. The number of likely N-dealkylation sites (tertiary alicyclic amines) is 1. The molecule has 0 radical (unpaired) electrons. The third-order valence-electron chi connectivity index (χ3n) is 4.21. The zero-order chi connectivity index (χ0) is 17.7. The van der Waals surface area contributed by atoms with Crippen molar-refractivity contribution in [3.05, 3.63) is 17.8 Å². The van der Waals surface area contributed by atoms with Gasteiger partial charge in [-0.3, -0.25) is 9.79 Å². The Morgan fingerprint density at radius 2 is 2.24 bits per heavy atom. The molecule has 3 N–H and O–H groups in total. The molecule has 0 aromatic carbocycles. The summed E-state index contributed by atoms with van der Waals surface area (Å²) in [5, 5.41) is 3.30. The minimum Gasteiger partial charge on any atom is -0.443 e. The van der Waals surface area contributed by atoms with Gasteiger partial charge in [0.15, 0.2) is 5.96 Å². The summed E-state index contributed by atoms with van der Waals surface area (Å²) < 4.78 is 5.80. The predicted molar refractivity (Wildman–Crippen MR) is 109 cm³/mol. The van der Waals surface area contributed by atoms with Crippen LogP contribution in [0.3, 0.4) is 0 Å². The van der Waals surface area contributed by atoms with E-state index < -0.39 is 0 Å². The summed E-state index contributed by atoms with van der Waals surface area (Å²) in [6, 6.07) is 0. The smallest absolute Gasteiger partial charge is 0.217 e. The number of guanidine groups is 1. The normalized spacial score (nSPS) is 18.6. The average molecular weight is 463 g/mol. The van der Waals surface area contributed by atoms with Crippen molar-refractivity contribution in [1.82, 2.24) is 15.2 Å². The lowest BCUT2D eigenvalue weighted by Crippen LogP contribution is -2.46. The molecule has 0 spiro atoms. The highest BCUT2D eigenvalue weighted by Crippen LogP contribution is 2.23. The van der Waals surface area contributed by atoms with Crippen LogP contribution < -0.4 is 11.1 Å². The molecular formula is C17H30IN5O2. The number of hydrogen-bond donors (Lipinski definition) is 2. The first-order valence-corrected chi connectivity index (χ1v) is 8.48. The molecule has 0 saturated carbocycles. The van der Waals surface area contributed by atoms with E-state index in [1.165, 1.54) is 0 Å². The molecule has 142 valence electrons. The van der Waals surface area contributed by atoms with Gasteiger partial charge in [0, 0.05) is 32.0 Å². The van der Waals surface area contributed by atoms with E-state index >= 15 is 0 Å². The van der Waals surface area contributed by atoms with E-state index in [4.69, 9.17) is 10.2 Å². The van der Waals surface area contributed by atoms with Gasteiger partial charge in [0.2, 0.25) is 11.8 Å². The van der Waals surface area contributed by atoms with E-state index in [0.717, 1.165) is 37.7 Å². The number of nitrogens with two attached hydrogens (primary N) is 1. The molecule has 2 rings (SSSR count). The van der Waals surface area contributed by atoms with Gasteiger partial charge in [-0.2, -0.15) is 0 Å². The molecule has 1 atom stereocenters. The number of piperidine rings is 1. The number of oxazole rings is 1. The highest BCUT2D eigenvalue weighted by molar-refractivity contribution is 14.0. The first-order valence-electron chi connectivity index (χ1n) is 8.48. The average Bonchev–Trinajstić information content (AvgIpc) is 2.97. The van der Waals surface area contributed by atoms with Crippen molar-refractivity contribution >= 4 is 35.8 Å². The maximum atomic E-state index is 11.1. The van der Waals surface area contributed by atoms with Gasteiger partial charge in [-0.15, -0.1) is 24.0 Å². The molecule has 1 aliphatic rings. The van der Waals surface area contributed by atoms with Gasteiger partial charge in [-0.05, 0) is 18.8 Å². The maximum absolute atomic E-state index is 11.1. The molecule has 1 fully saturated rings. The van der Waals surface area contributed by atoms with Gasteiger partial charge in [0.25, 0.3) is 0 Å².